The summed E-state index contributed by atoms with van der Waals surface area (Å²) in [4.78, 5) is 0. The van der Waals surface area contributed by atoms with Crippen LogP contribution >= 0.6 is 15.9 Å². The lowest BCUT2D eigenvalue weighted by atomic mass is 10.2. The van der Waals surface area contributed by atoms with E-state index in [0.717, 1.165) is 12.8 Å². The maximum Gasteiger partial charge on any atom is 0.233 e. The van der Waals surface area contributed by atoms with Gasteiger partial charge in [-0.1, -0.05) is 21.1 Å². The van der Waals surface area contributed by atoms with E-state index in [9.17, 15) is 8.42 Å². The summed E-state index contributed by atoms with van der Waals surface area (Å²) in [6, 6.07) is 4.84. The van der Waals surface area contributed by atoms with Gasteiger partial charge in [-0.2, -0.15) is 0 Å². The molecule has 1 fully saturated rings. The number of hydrogen-bond acceptors (Lipinski definition) is 4. The van der Waals surface area contributed by atoms with E-state index in [-0.39, 0.29) is 17.5 Å². The summed E-state index contributed by atoms with van der Waals surface area (Å²) >= 11 is 3.25. The maximum absolute atomic E-state index is 11.9. The highest BCUT2D eigenvalue weighted by molar-refractivity contribution is 9.10. The second-order valence-electron chi connectivity index (χ2n) is 4.50. The highest BCUT2D eigenvalue weighted by Crippen LogP contribution is 2.31. The van der Waals surface area contributed by atoms with E-state index < -0.39 is 10.0 Å². The lowest BCUT2D eigenvalue weighted by Gasteiger charge is -2.12. The van der Waals surface area contributed by atoms with Gasteiger partial charge in [0.2, 0.25) is 10.0 Å². The van der Waals surface area contributed by atoms with Crippen LogP contribution in [0.15, 0.2) is 27.8 Å². The van der Waals surface area contributed by atoms with Gasteiger partial charge in [0, 0.05) is 10.0 Å². The third-order valence-corrected chi connectivity index (χ3v) is 4.72. The highest BCUT2D eigenvalue weighted by atomic mass is 79.9. The number of hydrogen-bond donors (Lipinski definition) is 3. The van der Waals surface area contributed by atoms with Gasteiger partial charge in [-0.05, 0) is 37.0 Å². The Morgan fingerprint density at radius 2 is 2.21 bits per heavy atom. The molecular weight excluding hydrogens is 334 g/mol. The number of halogens is 1. The Balaban J connectivity index is 2.28. The van der Waals surface area contributed by atoms with Gasteiger partial charge in [-0.3, -0.25) is 4.72 Å². The van der Waals surface area contributed by atoms with Crippen molar-refractivity contribution in [3.05, 3.63) is 28.2 Å². The van der Waals surface area contributed by atoms with Crippen LogP contribution in [0.1, 0.15) is 18.4 Å². The zero-order chi connectivity index (χ0) is 14.0. The second-order valence-corrected chi connectivity index (χ2v) is 7.18. The number of oxime groups is 1. The minimum absolute atomic E-state index is 0.110. The van der Waals surface area contributed by atoms with Crippen LogP contribution in [0.5, 0.6) is 0 Å². The smallest absolute Gasteiger partial charge is 0.233 e. The van der Waals surface area contributed by atoms with Crippen LogP contribution in [-0.4, -0.2) is 25.2 Å². The van der Waals surface area contributed by atoms with Gasteiger partial charge in [0.05, 0.1) is 11.4 Å². The molecule has 1 saturated carbocycles. The number of sulfonamides is 1. The predicted molar refractivity (Wildman–Crippen MR) is 76.8 cm³/mol. The van der Waals surface area contributed by atoms with Gasteiger partial charge in [-0.15, -0.1) is 0 Å². The van der Waals surface area contributed by atoms with Gasteiger partial charge in [0.1, 0.15) is 0 Å². The molecule has 1 aliphatic carbocycles. The van der Waals surface area contributed by atoms with Gasteiger partial charge in [-0.25, -0.2) is 8.42 Å². The molecule has 104 valence electrons. The zero-order valence-corrected chi connectivity index (χ0v) is 12.4. The van der Waals surface area contributed by atoms with Crippen LogP contribution in [0.2, 0.25) is 0 Å². The molecule has 19 heavy (non-hydrogen) atoms. The lowest BCUT2D eigenvalue weighted by molar-refractivity contribution is 0.318. The van der Waals surface area contributed by atoms with Crippen molar-refractivity contribution in [3.8, 4) is 0 Å². The molecule has 0 spiro atoms. The lowest BCUT2D eigenvalue weighted by Crippen LogP contribution is -2.22. The fourth-order valence-corrected chi connectivity index (χ4v) is 3.59. The Labute approximate surface area is 119 Å². The number of nitrogens with zero attached hydrogens (tertiary/aromatic N) is 1. The third-order valence-electron chi connectivity index (χ3n) is 2.78. The summed E-state index contributed by atoms with van der Waals surface area (Å²) in [5.41, 5.74) is 6.18. The Bertz CT molecular complexity index is 612. The van der Waals surface area contributed by atoms with Crippen LogP contribution in [0, 0.1) is 5.92 Å². The van der Waals surface area contributed by atoms with E-state index in [1.807, 2.05) is 0 Å². The van der Waals surface area contributed by atoms with Crippen LogP contribution in [0.25, 0.3) is 0 Å². The molecule has 0 aliphatic heterocycles. The first-order chi connectivity index (χ1) is 8.91. The van der Waals surface area contributed by atoms with Crippen LogP contribution in [-0.2, 0) is 10.0 Å². The number of nitrogens with two attached hydrogens (primary N) is 1. The summed E-state index contributed by atoms with van der Waals surface area (Å²) < 4.78 is 27.1. The third kappa shape index (κ3) is 3.84. The quantitative estimate of drug-likeness (QED) is 0.326. The average molecular weight is 348 g/mol. The largest absolute Gasteiger partial charge is 0.409 e. The Hall–Kier alpha value is -1.28. The standard InChI is InChI=1S/C11H14BrN3O3S/c12-8-3-4-10(9(5-8)11(13)14-16)15-19(17,18)6-7-1-2-7/h3-5,7,15-16H,1-2,6H2,(H2,13,14). The van der Waals surface area contributed by atoms with Gasteiger partial charge >= 0.3 is 0 Å². The van der Waals surface area contributed by atoms with Gasteiger partial charge in [0.15, 0.2) is 5.84 Å². The minimum atomic E-state index is -3.41. The molecule has 1 aromatic carbocycles. The molecule has 0 bridgehead atoms. The molecule has 6 nitrogen and oxygen atoms in total. The SMILES string of the molecule is N/C(=N/O)c1cc(Br)ccc1NS(=O)(=O)CC1CC1. The van der Waals surface area contributed by atoms with Crippen molar-refractivity contribution in [1.82, 2.24) is 0 Å². The van der Waals surface area contributed by atoms with Crippen molar-refractivity contribution in [2.75, 3.05) is 10.5 Å². The molecule has 2 rings (SSSR count). The average Bonchev–Trinajstić information content (AvgIpc) is 3.13. The van der Waals surface area contributed by atoms with Crippen molar-refractivity contribution in [1.29, 1.82) is 0 Å². The first-order valence-corrected chi connectivity index (χ1v) is 8.14. The van der Waals surface area contributed by atoms with Crippen molar-refractivity contribution < 1.29 is 13.6 Å². The molecule has 0 unspecified atom stereocenters. The number of anilines is 1. The first-order valence-electron chi connectivity index (χ1n) is 5.69. The molecule has 0 atom stereocenters. The predicted octanol–water partition coefficient (Wildman–Crippen LogP) is 1.70. The van der Waals surface area contributed by atoms with E-state index in [1.54, 1.807) is 18.2 Å². The summed E-state index contributed by atoms with van der Waals surface area (Å²) in [5, 5.41) is 11.6. The molecular formula is C11H14BrN3O3S. The van der Waals surface area contributed by atoms with Crippen molar-refractivity contribution in [2.24, 2.45) is 16.8 Å². The van der Waals surface area contributed by atoms with E-state index in [2.05, 4.69) is 25.8 Å². The van der Waals surface area contributed by atoms with E-state index >= 15 is 0 Å². The van der Waals surface area contributed by atoms with Gasteiger partial charge in [0.25, 0.3) is 0 Å². The zero-order valence-electron chi connectivity index (χ0n) is 10.0. The molecule has 0 heterocycles. The maximum atomic E-state index is 11.9. The van der Waals surface area contributed by atoms with Crippen LogP contribution < -0.4 is 10.5 Å². The Kier molecular flexibility index (Phi) is 4.00. The normalized spacial score (nSPS) is 16.4. The molecule has 0 amide bonds. The molecule has 1 aromatic rings. The second kappa shape index (κ2) is 5.38. The first kappa shape index (κ1) is 14.1. The summed E-state index contributed by atoms with van der Waals surface area (Å²) in [6.45, 7) is 0. The highest BCUT2D eigenvalue weighted by Gasteiger charge is 2.28. The molecule has 0 saturated heterocycles. The van der Waals surface area contributed by atoms with Crippen molar-refractivity contribution in [3.63, 3.8) is 0 Å². The summed E-state index contributed by atoms with van der Waals surface area (Å²) in [7, 11) is -3.41. The minimum Gasteiger partial charge on any atom is -0.409 e. The van der Waals surface area contributed by atoms with Crippen molar-refractivity contribution in [2.45, 2.75) is 12.8 Å². The molecule has 4 N–H and O–H groups in total. The Morgan fingerprint density at radius 1 is 1.53 bits per heavy atom. The monoisotopic (exact) mass is 347 g/mol. The van der Waals surface area contributed by atoms with Gasteiger partial charge < -0.3 is 10.9 Å². The Morgan fingerprint density at radius 3 is 2.79 bits per heavy atom. The number of benzene rings is 1. The molecule has 0 radical (unpaired) electrons. The van der Waals surface area contributed by atoms with Crippen LogP contribution in [0.3, 0.4) is 0 Å². The topological polar surface area (TPSA) is 105 Å². The van der Waals surface area contributed by atoms with Crippen LogP contribution in [0.4, 0.5) is 5.69 Å². The molecule has 1 aliphatic rings. The van der Waals surface area contributed by atoms with E-state index in [0.29, 0.717) is 15.7 Å². The molecule has 0 aromatic heterocycles. The van der Waals surface area contributed by atoms with Crippen molar-refractivity contribution >= 4 is 37.5 Å². The number of nitrogens with one attached hydrogen (secondary N) is 1. The fourth-order valence-electron chi connectivity index (χ4n) is 1.68. The van der Waals surface area contributed by atoms with E-state index in [1.165, 1.54) is 0 Å². The molecule has 8 heteroatoms. The summed E-state index contributed by atoms with van der Waals surface area (Å²) in [6.07, 6.45) is 1.91. The summed E-state index contributed by atoms with van der Waals surface area (Å²) in [5.74, 6) is 0.212. The van der Waals surface area contributed by atoms with E-state index in [4.69, 9.17) is 10.9 Å². The number of rotatable bonds is 5. The fraction of sp³-hybridized carbons (Fsp3) is 0.364. The number of amidine groups is 1.